The van der Waals surface area contributed by atoms with Crippen LogP contribution in [0.4, 0.5) is 0 Å². The van der Waals surface area contributed by atoms with Crippen LogP contribution >= 0.6 is 8.60 Å². The van der Waals surface area contributed by atoms with Crippen LogP contribution in [0.1, 0.15) is 155 Å². The summed E-state index contributed by atoms with van der Waals surface area (Å²) in [4.78, 5) is 19.3. The molecule has 0 amide bonds. The second-order valence-corrected chi connectivity index (χ2v) is 13.3. The summed E-state index contributed by atoms with van der Waals surface area (Å²) in [5, 5.41) is 0. The molecule has 1 aromatic carbocycles. The SMILES string of the molecule is CC(C)CCCCCCc1ccc(OP(O)O)c(CCCCCCC(C)C)c1CCCCCCC(C)C. The van der Waals surface area contributed by atoms with Gasteiger partial charge in [-0.15, -0.1) is 0 Å². The highest BCUT2D eigenvalue weighted by atomic mass is 31.2. The van der Waals surface area contributed by atoms with Gasteiger partial charge in [0.05, 0.1) is 0 Å². The molecule has 0 aliphatic rings. The standard InChI is InChI=1S/C33H61O3P/c1-27(2)19-13-7-10-16-22-30-25-26-33(36-37(34)35)32(24-18-12-9-15-21-29(5)6)31(30)23-17-11-8-14-20-28(3)4/h25-29,34-35H,7-24H2,1-6H3. The lowest BCUT2D eigenvalue weighted by molar-refractivity contribution is 0.372. The molecule has 0 aromatic heterocycles. The first-order valence-electron chi connectivity index (χ1n) is 15.7. The van der Waals surface area contributed by atoms with Crippen molar-refractivity contribution in [2.45, 2.75) is 157 Å². The number of unbranched alkanes of at least 4 members (excludes halogenated alkanes) is 9. The van der Waals surface area contributed by atoms with E-state index < -0.39 is 8.60 Å². The van der Waals surface area contributed by atoms with Crippen molar-refractivity contribution < 1.29 is 14.3 Å². The first-order valence-corrected chi connectivity index (χ1v) is 16.9. The van der Waals surface area contributed by atoms with Crippen molar-refractivity contribution in [3.05, 3.63) is 28.8 Å². The predicted molar refractivity (Wildman–Crippen MR) is 163 cm³/mol. The Morgan fingerprint density at radius 2 is 0.946 bits per heavy atom. The molecule has 0 saturated carbocycles. The Balaban J connectivity index is 2.89. The van der Waals surface area contributed by atoms with E-state index in [4.69, 9.17) is 4.52 Å². The lowest BCUT2D eigenvalue weighted by Crippen LogP contribution is -2.05. The fraction of sp³-hybridized carbons (Fsp3) is 0.818. The monoisotopic (exact) mass is 536 g/mol. The number of rotatable bonds is 23. The van der Waals surface area contributed by atoms with Gasteiger partial charge in [0, 0.05) is 0 Å². The fourth-order valence-corrected chi connectivity index (χ4v) is 5.70. The maximum absolute atomic E-state index is 9.66. The van der Waals surface area contributed by atoms with Gasteiger partial charge in [0.25, 0.3) is 0 Å². The molecule has 216 valence electrons. The van der Waals surface area contributed by atoms with E-state index in [0.717, 1.165) is 43.4 Å². The molecule has 0 aliphatic heterocycles. The summed E-state index contributed by atoms with van der Waals surface area (Å²) in [6.45, 7) is 13.9. The molecule has 0 saturated heterocycles. The first kappa shape index (κ1) is 34.4. The summed E-state index contributed by atoms with van der Waals surface area (Å²) < 4.78 is 5.58. The molecule has 2 N–H and O–H groups in total. The number of benzene rings is 1. The van der Waals surface area contributed by atoms with Gasteiger partial charge in [-0.2, -0.15) is 0 Å². The summed E-state index contributed by atoms with van der Waals surface area (Å²) in [5.41, 5.74) is 4.16. The normalized spacial score (nSPS) is 12.0. The molecule has 0 atom stereocenters. The summed E-state index contributed by atoms with van der Waals surface area (Å²) in [7, 11) is -2.40. The molecule has 37 heavy (non-hydrogen) atoms. The van der Waals surface area contributed by atoms with Crippen LogP contribution in [-0.2, 0) is 19.3 Å². The third-order valence-electron chi connectivity index (χ3n) is 7.56. The van der Waals surface area contributed by atoms with Gasteiger partial charge in [0.1, 0.15) is 5.75 Å². The largest absolute Gasteiger partial charge is 0.427 e. The highest BCUT2D eigenvalue weighted by Crippen LogP contribution is 2.37. The van der Waals surface area contributed by atoms with Crippen molar-refractivity contribution in [1.82, 2.24) is 0 Å². The Hall–Kier alpha value is -0.630. The van der Waals surface area contributed by atoms with Crippen molar-refractivity contribution in [2.24, 2.45) is 17.8 Å². The van der Waals surface area contributed by atoms with Crippen LogP contribution in [0.2, 0.25) is 0 Å². The predicted octanol–water partition coefficient (Wildman–Crippen LogP) is 10.7. The summed E-state index contributed by atoms with van der Waals surface area (Å²) in [6.07, 6.45) is 22.4. The molecule has 1 aromatic rings. The molecule has 0 radical (unpaired) electrons. The molecular weight excluding hydrogens is 475 g/mol. The van der Waals surface area contributed by atoms with Crippen LogP contribution in [0.25, 0.3) is 0 Å². The van der Waals surface area contributed by atoms with E-state index in [1.165, 1.54) is 107 Å². The average Bonchev–Trinajstić information content (AvgIpc) is 2.81. The number of hydrogen-bond acceptors (Lipinski definition) is 3. The molecule has 0 unspecified atom stereocenters. The van der Waals surface area contributed by atoms with Gasteiger partial charge >= 0.3 is 8.60 Å². The first-order chi connectivity index (χ1) is 17.7. The topological polar surface area (TPSA) is 49.7 Å². The second-order valence-electron chi connectivity index (χ2n) is 12.6. The maximum atomic E-state index is 9.66. The van der Waals surface area contributed by atoms with E-state index in [9.17, 15) is 9.79 Å². The molecule has 0 bridgehead atoms. The molecular formula is C33H61O3P. The van der Waals surface area contributed by atoms with E-state index in [2.05, 4.69) is 47.6 Å². The van der Waals surface area contributed by atoms with Gasteiger partial charge in [-0.25, -0.2) is 0 Å². The van der Waals surface area contributed by atoms with Gasteiger partial charge in [-0.05, 0) is 79.0 Å². The minimum absolute atomic E-state index is 0.703. The Bertz CT molecular complexity index is 684. The maximum Gasteiger partial charge on any atom is 0.391 e. The van der Waals surface area contributed by atoms with Crippen molar-refractivity contribution in [3.8, 4) is 5.75 Å². The molecule has 0 fully saturated rings. The minimum atomic E-state index is -2.40. The molecule has 1 rings (SSSR count). The fourth-order valence-electron chi connectivity index (χ4n) is 5.35. The third kappa shape index (κ3) is 17.6. The van der Waals surface area contributed by atoms with E-state index in [1.807, 2.05) is 6.07 Å². The summed E-state index contributed by atoms with van der Waals surface area (Å²) in [5.74, 6) is 3.08. The van der Waals surface area contributed by atoms with E-state index in [0.29, 0.717) is 5.75 Å². The van der Waals surface area contributed by atoms with Gasteiger partial charge in [0.2, 0.25) is 0 Å². The van der Waals surface area contributed by atoms with Crippen LogP contribution in [0, 0.1) is 17.8 Å². The van der Waals surface area contributed by atoms with Crippen molar-refractivity contribution in [1.29, 1.82) is 0 Å². The Kier molecular flexibility index (Phi) is 19.7. The van der Waals surface area contributed by atoms with Crippen LogP contribution in [0.3, 0.4) is 0 Å². The van der Waals surface area contributed by atoms with Gasteiger partial charge < -0.3 is 14.3 Å². The minimum Gasteiger partial charge on any atom is -0.427 e. The number of hydrogen-bond donors (Lipinski definition) is 2. The molecule has 0 aliphatic carbocycles. The zero-order valence-electron chi connectivity index (χ0n) is 25.4. The lowest BCUT2D eigenvalue weighted by atomic mass is 9.89. The second kappa shape index (κ2) is 21.2. The zero-order valence-corrected chi connectivity index (χ0v) is 26.3. The molecule has 0 spiro atoms. The summed E-state index contributed by atoms with van der Waals surface area (Å²) >= 11 is 0. The third-order valence-corrected chi connectivity index (χ3v) is 7.92. The van der Waals surface area contributed by atoms with Gasteiger partial charge in [0.15, 0.2) is 0 Å². The summed E-state index contributed by atoms with van der Waals surface area (Å²) in [6, 6.07) is 4.22. The van der Waals surface area contributed by atoms with Crippen LogP contribution < -0.4 is 4.52 Å². The zero-order chi connectivity index (χ0) is 27.5. The van der Waals surface area contributed by atoms with Gasteiger partial charge in [-0.3, -0.25) is 0 Å². The highest BCUT2D eigenvalue weighted by molar-refractivity contribution is 7.39. The van der Waals surface area contributed by atoms with Crippen molar-refractivity contribution in [3.63, 3.8) is 0 Å². The molecule has 3 nitrogen and oxygen atoms in total. The van der Waals surface area contributed by atoms with Crippen LogP contribution in [-0.4, -0.2) is 9.79 Å². The molecule has 4 heteroatoms. The van der Waals surface area contributed by atoms with E-state index >= 15 is 0 Å². The van der Waals surface area contributed by atoms with Gasteiger partial charge in [-0.1, -0.05) is 125 Å². The van der Waals surface area contributed by atoms with Crippen LogP contribution in [0.5, 0.6) is 5.75 Å². The number of aryl methyl sites for hydroxylation is 1. The lowest BCUT2D eigenvalue weighted by Gasteiger charge is -2.20. The van der Waals surface area contributed by atoms with Crippen LogP contribution in [0.15, 0.2) is 12.1 Å². The van der Waals surface area contributed by atoms with Crippen molar-refractivity contribution in [2.75, 3.05) is 0 Å². The van der Waals surface area contributed by atoms with Crippen molar-refractivity contribution >= 4 is 8.60 Å². The quantitative estimate of drug-likeness (QED) is 0.108. The van der Waals surface area contributed by atoms with E-state index in [1.54, 1.807) is 0 Å². The Morgan fingerprint density at radius 1 is 0.541 bits per heavy atom. The smallest absolute Gasteiger partial charge is 0.391 e. The average molecular weight is 537 g/mol. The van der Waals surface area contributed by atoms with E-state index in [-0.39, 0.29) is 0 Å². The highest BCUT2D eigenvalue weighted by Gasteiger charge is 2.17. The molecule has 0 heterocycles. The Labute approximate surface area is 232 Å². The Morgan fingerprint density at radius 3 is 1.38 bits per heavy atom.